The van der Waals surface area contributed by atoms with Crippen LogP contribution in [0.5, 0.6) is 0 Å². The second-order valence-electron chi connectivity index (χ2n) is 5.07. The van der Waals surface area contributed by atoms with Crippen LogP contribution in [0.2, 0.25) is 0 Å². The molecule has 0 spiro atoms. The summed E-state index contributed by atoms with van der Waals surface area (Å²) in [7, 11) is 0. The summed E-state index contributed by atoms with van der Waals surface area (Å²) in [4.78, 5) is 24.1. The highest BCUT2D eigenvalue weighted by Crippen LogP contribution is 2.21. The maximum Gasteiger partial charge on any atom is 0.309 e. The molecule has 0 aromatic rings. The summed E-state index contributed by atoms with van der Waals surface area (Å²) >= 11 is 0. The average molecular weight is 255 g/mol. The van der Waals surface area contributed by atoms with Crippen molar-refractivity contribution in [1.82, 2.24) is 10.2 Å². The van der Waals surface area contributed by atoms with Crippen molar-refractivity contribution in [1.29, 1.82) is 0 Å². The first-order valence-corrected chi connectivity index (χ1v) is 6.56. The maximum absolute atomic E-state index is 11.0. The first-order chi connectivity index (χ1) is 8.66. The monoisotopic (exact) mass is 255 g/mol. The van der Waals surface area contributed by atoms with Crippen LogP contribution in [0.4, 0.5) is 0 Å². The van der Waals surface area contributed by atoms with Crippen LogP contribution in [0.25, 0.3) is 0 Å². The van der Waals surface area contributed by atoms with Crippen LogP contribution in [0.1, 0.15) is 19.3 Å². The lowest BCUT2D eigenvalue weighted by Gasteiger charge is -2.35. The maximum atomic E-state index is 11.0. The first-order valence-electron chi connectivity index (χ1n) is 6.56. The van der Waals surface area contributed by atoms with Crippen molar-refractivity contribution in [2.75, 3.05) is 32.8 Å². The molecule has 2 rings (SSSR count). The fourth-order valence-corrected chi connectivity index (χ4v) is 2.66. The molecule has 2 saturated heterocycles. The summed E-state index contributed by atoms with van der Waals surface area (Å²) in [5, 5.41) is 2.58. The van der Waals surface area contributed by atoms with Gasteiger partial charge in [-0.15, -0.1) is 0 Å². The van der Waals surface area contributed by atoms with E-state index in [1.165, 1.54) is 0 Å². The zero-order valence-corrected chi connectivity index (χ0v) is 10.6. The Labute approximate surface area is 107 Å². The van der Waals surface area contributed by atoms with Gasteiger partial charge in [-0.1, -0.05) is 0 Å². The largest absolute Gasteiger partial charge is 0.380 e. The lowest BCUT2D eigenvalue weighted by Crippen LogP contribution is -2.45. The second-order valence-corrected chi connectivity index (χ2v) is 5.07. The van der Waals surface area contributed by atoms with E-state index in [2.05, 4.69) is 10.2 Å². The molecule has 2 aliphatic rings. The molecule has 0 aromatic heterocycles. The highest BCUT2D eigenvalue weighted by atomic mass is 16.5. The van der Waals surface area contributed by atoms with Gasteiger partial charge >= 0.3 is 11.8 Å². The average Bonchev–Trinajstić information content (AvgIpc) is 2.90. The third kappa shape index (κ3) is 3.43. The summed E-state index contributed by atoms with van der Waals surface area (Å²) in [5.41, 5.74) is 4.88. The summed E-state index contributed by atoms with van der Waals surface area (Å²) in [6.45, 7) is 4.37. The molecule has 6 heteroatoms. The van der Waals surface area contributed by atoms with Crippen molar-refractivity contribution in [2.45, 2.75) is 25.3 Å². The second kappa shape index (κ2) is 6.15. The topological polar surface area (TPSA) is 84.7 Å². The lowest BCUT2D eigenvalue weighted by molar-refractivity contribution is -0.137. The van der Waals surface area contributed by atoms with E-state index in [4.69, 9.17) is 10.5 Å². The summed E-state index contributed by atoms with van der Waals surface area (Å²) in [6, 6.07) is 0.575. The van der Waals surface area contributed by atoms with Gasteiger partial charge in [0.2, 0.25) is 0 Å². The molecule has 0 aliphatic carbocycles. The summed E-state index contributed by atoms with van der Waals surface area (Å²) in [5.74, 6) is -1.14. The Morgan fingerprint density at radius 2 is 2.00 bits per heavy atom. The molecule has 0 unspecified atom stereocenters. The minimum absolute atomic E-state index is 0.451. The quantitative estimate of drug-likeness (QED) is 0.639. The minimum Gasteiger partial charge on any atom is -0.380 e. The van der Waals surface area contributed by atoms with Crippen LogP contribution in [0.3, 0.4) is 0 Å². The standard InChI is InChI=1S/C12H21N3O3/c13-11(16)12(17)14-7-9-1-4-15(5-2-9)10-3-6-18-8-10/h9-10H,1-8H2,(H2,13,16)(H,14,17)/t10-/m1/s1. The Hall–Kier alpha value is -1.14. The SMILES string of the molecule is NC(=O)C(=O)NCC1CCN([C@@H]2CCOC2)CC1. The van der Waals surface area contributed by atoms with Gasteiger partial charge < -0.3 is 15.8 Å². The fourth-order valence-electron chi connectivity index (χ4n) is 2.66. The zero-order valence-electron chi connectivity index (χ0n) is 10.6. The van der Waals surface area contributed by atoms with E-state index in [0.29, 0.717) is 18.5 Å². The minimum atomic E-state index is -0.907. The number of piperidine rings is 1. The Balaban J connectivity index is 1.67. The highest BCUT2D eigenvalue weighted by Gasteiger charge is 2.27. The van der Waals surface area contributed by atoms with Crippen molar-refractivity contribution in [3.8, 4) is 0 Å². The molecular weight excluding hydrogens is 234 g/mol. The van der Waals surface area contributed by atoms with Crippen LogP contribution in [0.15, 0.2) is 0 Å². The molecule has 2 fully saturated rings. The smallest absolute Gasteiger partial charge is 0.309 e. The van der Waals surface area contributed by atoms with Gasteiger partial charge in [-0.3, -0.25) is 14.5 Å². The van der Waals surface area contributed by atoms with E-state index < -0.39 is 11.8 Å². The van der Waals surface area contributed by atoms with E-state index in [0.717, 1.165) is 45.6 Å². The molecular formula is C12H21N3O3. The number of nitrogens with two attached hydrogens (primary N) is 1. The number of likely N-dealkylation sites (tertiary alicyclic amines) is 1. The van der Waals surface area contributed by atoms with Crippen LogP contribution in [-0.4, -0.2) is 55.6 Å². The molecule has 2 aliphatic heterocycles. The van der Waals surface area contributed by atoms with Crippen LogP contribution in [0, 0.1) is 5.92 Å². The third-order valence-electron chi connectivity index (χ3n) is 3.85. The predicted molar refractivity (Wildman–Crippen MR) is 65.7 cm³/mol. The molecule has 0 saturated carbocycles. The van der Waals surface area contributed by atoms with Gasteiger partial charge in [0.05, 0.1) is 6.61 Å². The van der Waals surface area contributed by atoms with E-state index in [9.17, 15) is 9.59 Å². The third-order valence-corrected chi connectivity index (χ3v) is 3.85. The number of amides is 2. The number of nitrogens with one attached hydrogen (secondary N) is 1. The Kier molecular flexibility index (Phi) is 4.54. The van der Waals surface area contributed by atoms with Crippen molar-refractivity contribution >= 4 is 11.8 Å². The van der Waals surface area contributed by atoms with Crippen LogP contribution in [-0.2, 0) is 14.3 Å². The van der Waals surface area contributed by atoms with E-state index in [1.807, 2.05) is 0 Å². The normalized spacial score (nSPS) is 26.1. The number of rotatable bonds is 3. The lowest BCUT2D eigenvalue weighted by atomic mass is 9.95. The van der Waals surface area contributed by atoms with Crippen molar-refractivity contribution < 1.29 is 14.3 Å². The molecule has 1 atom stereocenters. The number of primary amides is 1. The van der Waals surface area contributed by atoms with Gasteiger partial charge in [-0.2, -0.15) is 0 Å². The molecule has 6 nitrogen and oxygen atoms in total. The number of hydrogen-bond donors (Lipinski definition) is 2. The van der Waals surface area contributed by atoms with E-state index in [-0.39, 0.29) is 0 Å². The van der Waals surface area contributed by atoms with Crippen molar-refractivity contribution in [3.63, 3.8) is 0 Å². The summed E-state index contributed by atoms with van der Waals surface area (Å²) < 4.78 is 5.39. The molecule has 2 amide bonds. The first kappa shape index (κ1) is 13.3. The summed E-state index contributed by atoms with van der Waals surface area (Å²) in [6.07, 6.45) is 3.23. The van der Waals surface area contributed by atoms with Crippen molar-refractivity contribution in [2.24, 2.45) is 11.7 Å². The van der Waals surface area contributed by atoms with E-state index in [1.54, 1.807) is 0 Å². The molecule has 102 valence electrons. The number of hydrogen-bond acceptors (Lipinski definition) is 4. The van der Waals surface area contributed by atoms with Gasteiger partial charge in [0.25, 0.3) is 0 Å². The zero-order chi connectivity index (χ0) is 13.0. The van der Waals surface area contributed by atoms with Gasteiger partial charge in [0.1, 0.15) is 0 Å². The van der Waals surface area contributed by atoms with Crippen molar-refractivity contribution in [3.05, 3.63) is 0 Å². The van der Waals surface area contributed by atoms with E-state index >= 15 is 0 Å². The predicted octanol–water partition coefficient (Wildman–Crippen LogP) is -0.911. The Morgan fingerprint density at radius 3 is 2.56 bits per heavy atom. The molecule has 18 heavy (non-hydrogen) atoms. The number of carbonyl (C=O) groups is 2. The molecule has 0 radical (unpaired) electrons. The van der Waals surface area contributed by atoms with Gasteiger partial charge in [0, 0.05) is 19.2 Å². The fraction of sp³-hybridized carbons (Fsp3) is 0.833. The number of ether oxygens (including phenoxy) is 1. The molecule has 2 heterocycles. The highest BCUT2D eigenvalue weighted by molar-refractivity contribution is 6.34. The molecule has 0 aromatic carbocycles. The number of nitrogens with zero attached hydrogens (tertiary/aromatic N) is 1. The van der Waals surface area contributed by atoms with Crippen LogP contribution < -0.4 is 11.1 Å². The van der Waals surface area contributed by atoms with Crippen LogP contribution >= 0.6 is 0 Å². The Morgan fingerprint density at radius 1 is 1.28 bits per heavy atom. The van der Waals surface area contributed by atoms with Gasteiger partial charge in [-0.05, 0) is 38.3 Å². The molecule has 0 bridgehead atoms. The van der Waals surface area contributed by atoms with Gasteiger partial charge in [-0.25, -0.2) is 0 Å². The molecule has 3 N–H and O–H groups in total. The number of carbonyl (C=O) groups excluding carboxylic acids is 2. The Bertz CT molecular complexity index is 308. The van der Waals surface area contributed by atoms with Gasteiger partial charge in [0.15, 0.2) is 0 Å².